The molecule has 1 heterocycles. The maximum Gasteiger partial charge on any atom is 0.408 e. The molecular weight excluding hydrogens is 278 g/mol. The van der Waals surface area contributed by atoms with E-state index in [1.807, 2.05) is 13.8 Å². The number of carboxylic acid groups (broad SMARTS) is 1. The molecule has 0 spiro atoms. The fourth-order valence-corrected chi connectivity index (χ4v) is 1.61. The molecule has 1 aromatic rings. The third kappa shape index (κ3) is 5.80. The molecule has 0 aromatic carbocycles. The molecule has 118 valence electrons. The summed E-state index contributed by atoms with van der Waals surface area (Å²) in [6.45, 7) is 9.16. The van der Waals surface area contributed by atoms with E-state index in [0.29, 0.717) is 6.42 Å². The zero-order chi connectivity index (χ0) is 16.2. The standard InChI is InChI=1S/C13H21N3O5/c1-7(2)6-8(14-12(19)20-13(3,4)5)10-15-9(11(17)18)16-21-10/h7-8H,6H2,1-5H3,(H,14,19)(H,17,18). The molecule has 0 aliphatic carbocycles. The molecule has 21 heavy (non-hydrogen) atoms. The van der Waals surface area contributed by atoms with Crippen LogP contribution in [0.4, 0.5) is 4.79 Å². The van der Waals surface area contributed by atoms with Gasteiger partial charge < -0.3 is 19.7 Å². The summed E-state index contributed by atoms with van der Waals surface area (Å²) in [6, 6.07) is -0.597. The lowest BCUT2D eigenvalue weighted by Gasteiger charge is -2.22. The second-order valence-corrected chi connectivity index (χ2v) is 6.09. The van der Waals surface area contributed by atoms with Crippen LogP contribution in [0.1, 0.15) is 63.6 Å². The summed E-state index contributed by atoms with van der Waals surface area (Å²) >= 11 is 0. The zero-order valence-corrected chi connectivity index (χ0v) is 12.8. The Bertz CT molecular complexity index is 504. The SMILES string of the molecule is CC(C)CC(NC(=O)OC(C)(C)C)c1nc(C(=O)O)no1. The van der Waals surface area contributed by atoms with Crippen molar-refractivity contribution in [1.29, 1.82) is 0 Å². The van der Waals surface area contributed by atoms with Gasteiger partial charge in [0.05, 0.1) is 0 Å². The first-order valence-electron chi connectivity index (χ1n) is 6.65. The molecule has 0 radical (unpaired) electrons. The number of nitrogens with one attached hydrogen (secondary N) is 1. The fraction of sp³-hybridized carbons (Fsp3) is 0.692. The van der Waals surface area contributed by atoms with Gasteiger partial charge in [-0.25, -0.2) is 9.59 Å². The second kappa shape index (κ2) is 6.55. The van der Waals surface area contributed by atoms with Crippen LogP contribution in [0.25, 0.3) is 0 Å². The van der Waals surface area contributed by atoms with Crippen molar-refractivity contribution in [3.8, 4) is 0 Å². The van der Waals surface area contributed by atoms with Crippen molar-refractivity contribution in [2.45, 2.75) is 52.7 Å². The fourth-order valence-electron chi connectivity index (χ4n) is 1.61. The van der Waals surface area contributed by atoms with Crippen molar-refractivity contribution in [2.75, 3.05) is 0 Å². The smallest absolute Gasteiger partial charge is 0.408 e. The summed E-state index contributed by atoms with van der Waals surface area (Å²) in [5.41, 5.74) is -0.631. The van der Waals surface area contributed by atoms with Crippen LogP contribution in [0.15, 0.2) is 4.52 Å². The van der Waals surface area contributed by atoms with Gasteiger partial charge in [-0.15, -0.1) is 0 Å². The number of carboxylic acids is 1. The highest BCUT2D eigenvalue weighted by Gasteiger charge is 2.26. The topological polar surface area (TPSA) is 115 Å². The summed E-state index contributed by atoms with van der Waals surface area (Å²) in [5, 5.41) is 14.8. The Morgan fingerprint density at radius 3 is 2.43 bits per heavy atom. The van der Waals surface area contributed by atoms with Crippen LogP contribution < -0.4 is 5.32 Å². The summed E-state index contributed by atoms with van der Waals surface area (Å²) in [7, 11) is 0. The lowest BCUT2D eigenvalue weighted by molar-refractivity contribution is 0.0486. The average Bonchev–Trinajstić information content (AvgIpc) is 2.73. The van der Waals surface area contributed by atoms with E-state index in [0.717, 1.165) is 0 Å². The van der Waals surface area contributed by atoms with E-state index in [9.17, 15) is 9.59 Å². The van der Waals surface area contributed by atoms with Crippen molar-refractivity contribution < 1.29 is 24.0 Å². The van der Waals surface area contributed by atoms with Crippen LogP contribution in [-0.4, -0.2) is 32.9 Å². The molecule has 1 rings (SSSR count). The van der Waals surface area contributed by atoms with Gasteiger partial charge in [0, 0.05) is 0 Å². The Labute approximate surface area is 122 Å². The number of aromatic nitrogens is 2. The summed E-state index contributed by atoms with van der Waals surface area (Å²) in [4.78, 5) is 26.4. The molecule has 0 saturated carbocycles. The van der Waals surface area contributed by atoms with Crippen molar-refractivity contribution >= 4 is 12.1 Å². The largest absolute Gasteiger partial charge is 0.475 e. The summed E-state index contributed by atoms with van der Waals surface area (Å²) in [6.07, 6.45) is -0.108. The number of carbonyl (C=O) groups is 2. The first-order valence-corrected chi connectivity index (χ1v) is 6.65. The Hall–Kier alpha value is -2.12. The molecule has 0 bridgehead atoms. The Morgan fingerprint density at radius 1 is 1.38 bits per heavy atom. The highest BCUT2D eigenvalue weighted by Crippen LogP contribution is 2.20. The number of rotatable bonds is 5. The number of hydrogen-bond donors (Lipinski definition) is 2. The normalized spacial score (nSPS) is 13.0. The summed E-state index contributed by atoms with van der Waals surface area (Å²) in [5.74, 6) is -1.45. The third-order valence-corrected chi connectivity index (χ3v) is 2.33. The highest BCUT2D eigenvalue weighted by molar-refractivity contribution is 5.82. The van der Waals surface area contributed by atoms with E-state index < -0.39 is 29.5 Å². The summed E-state index contributed by atoms with van der Waals surface area (Å²) < 4.78 is 10.1. The minimum atomic E-state index is -1.29. The minimum absolute atomic E-state index is 0.0481. The van der Waals surface area contributed by atoms with Crippen LogP contribution in [0, 0.1) is 5.92 Å². The molecule has 0 fully saturated rings. The number of hydrogen-bond acceptors (Lipinski definition) is 6. The molecule has 0 aliphatic rings. The first kappa shape index (κ1) is 16.9. The predicted molar refractivity (Wildman–Crippen MR) is 72.8 cm³/mol. The first-order chi connectivity index (χ1) is 9.58. The van der Waals surface area contributed by atoms with Gasteiger partial charge in [0.25, 0.3) is 5.82 Å². The number of alkyl carbamates (subject to hydrolysis) is 1. The van der Waals surface area contributed by atoms with Gasteiger partial charge >= 0.3 is 12.1 Å². The average molecular weight is 299 g/mol. The monoisotopic (exact) mass is 299 g/mol. The minimum Gasteiger partial charge on any atom is -0.475 e. The maximum absolute atomic E-state index is 11.8. The van der Waals surface area contributed by atoms with Crippen LogP contribution in [0.5, 0.6) is 0 Å². The third-order valence-electron chi connectivity index (χ3n) is 2.33. The molecule has 8 nitrogen and oxygen atoms in total. The van der Waals surface area contributed by atoms with E-state index in [4.69, 9.17) is 14.4 Å². The van der Waals surface area contributed by atoms with Crippen LogP contribution in [0.2, 0.25) is 0 Å². The Morgan fingerprint density at radius 2 is 2.00 bits per heavy atom. The van der Waals surface area contributed by atoms with Gasteiger partial charge in [-0.1, -0.05) is 13.8 Å². The van der Waals surface area contributed by atoms with Crippen molar-refractivity contribution in [1.82, 2.24) is 15.5 Å². The van der Waals surface area contributed by atoms with Crippen LogP contribution in [-0.2, 0) is 4.74 Å². The molecule has 1 amide bonds. The van der Waals surface area contributed by atoms with Gasteiger partial charge in [-0.2, -0.15) is 4.98 Å². The molecule has 0 saturated heterocycles. The maximum atomic E-state index is 11.8. The van der Waals surface area contributed by atoms with E-state index in [2.05, 4.69) is 15.5 Å². The zero-order valence-electron chi connectivity index (χ0n) is 12.8. The van der Waals surface area contributed by atoms with Crippen LogP contribution in [0.3, 0.4) is 0 Å². The van der Waals surface area contributed by atoms with Gasteiger partial charge in [-0.3, -0.25) is 0 Å². The number of carbonyl (C=O) groups excluding carboxylic acids is 1. The lowest BCUT2D eigenvalue weighted by atomic mass is 10.0. The Balaban J connectivity index is 2.84. The predicted octanol–water partition coefficient (Wildman–Crippen LogP) is 2.38. The van der Waals surface area contributed by atoms with Crippen LogP contribution >= 0.6 is 0 Å². The highest BCUT2D eigenvalue weighted by atomic mass is 16.6. The number of aromatic carboxylic acids is 1. The van der Waals surface area contributed by atoms with Gasteiger partial charge in [0.15, 0.2) is 0 Å². The molecule has 1 aromatic heterocycles. The van der Waals surface area contributed by atoms with Crippen molar-refractivity contribution in [3.63, 3.8) is 0 Å². The van der Waals surface area contributed by atoms with Crippen molar-refractivity contribution in [3.05, 3.63) is 11.7 Å². The number of nitrogens with zero attached hydrogens (tertiary/aromatic N) is 2. The lowest BCUT2D eigenvalue weighted by Crippen LogP contribution is -2.35. The van der Waals surface area contributed by atoms with E-state index in [-0.39, 0.29) is 11.8 Å². The second-order valence-electron chi connectivity index (χ2n) is 6.09. The molecular formula is C13H21N3O5. The number of ether oxygens (including phenoxy) is 1. The number of amides is 1. The van der Waals surface area contributed by atoms with Gasteiger partial charge in [0.2, 0.25) is 5.89 Å². The molecule has 1 atom stereocenters. The molecule has 1 unspecified atom stereocenters. The van der Waals surface area contributed by atoms with E-state index in [1.165, 1.54) is 0 Å². The quantitative estimate of drug-likeness (QED) is 0.857. The molecule has 0 aliphatic heterocycles. The van der Waals surface area contributed by atoms with E-state index in [1.54, 1.807) is 20.8 Å². The Kier molecular flexibility index (Phi) is 5.28. The van der Waals surface area contributed by atoms with E-state index >= 15 is 0 Å². The van der Waals surface area contributed by atoms with Gasteiger partial charge in [-0.05, 0) is 38.3 Å². The van der Waals surface area contributed by atoms with Crippen molar-refractivity contribution in [2.24, 2.45) is 5.92 Å². The van der Waals surface area contributed by atoms with Gasteiger partial charge in [0.1, 0.15) is 11.6 Å². The molecule has 8 heteroatoms. The molecule has 2 N–H and O–H groups in total.